The molecule has 98 valence electrons. The summed E-state index contributed by atoms with van der Waals surface area (Å²) in [6.45, 7) is 2.54. The molecule has 6 nitrogen and oxygen atoms in total. The highest BCUT2D eigenvalue weighted by molar-refractivity contribution is 6.01. The number of hydrogen-bond acceptors (Lipinski definition) is 4. The van der Waals surface area contributed by atoms with E-state index >= 15 is 0 Å². The van der Waals surface area contributed by atoms with Crippen molar-refractivity contribution in [1.29, 1.82) is 0 Å². The molecule has 0 bridgehead atoms. The van der Waals surface area contributed by atoms with Crippen molar-refractivity contribution in [2.45, 2.75) is 13.3 Å². The number of hydrogen-bond donors (Lipinski definition) is 1. The number of carbonyl (C=O) groups excluding carboxylic acids is 1. The van der Waals surface area contributed by atoms with Gasteiger partial charge in [0, 0.05) is 26.7 Å². The fraction of sp³-hybridized carbons (Fsp3) is 0.417. The molecule has 0 atom stereocenters. The maximum Gasteiger partial charge on any atom is 0.293 e. The van der Waals surface area contributed by atoms with E-state index in [-0.39, 0.29) is 11.6 Å². The number of nitro groups is 1. The van der Waals surface area contributed by atoms with E-state index in [1.165, 1.54) is 17.0 Å². The lowest BCUT2D eigenvalue weighted by atomic mass is 10.1. The summed E-state index contributed by atoms with van der Waals surface area (Å²) < 4.78 is 0. The second-order valence-electron chi connectivity index (χ2n) is 4.08. The second kappa shape index (κ2) is 6.00. The molecule has 0 heterocycles. The third-order valence-corrected chi connectivity index (χ3v) is 2.43. The summed E-state index contributed by atoms with van der Waals surface area (Å²) in [7, 11) is 3.23. The van der Waals surface area contributed by atoms with Gasteiger partial charge in [0.2, 0.25) is 0 Å². The van der Waals surface area contributed by atoms with E-state index in [0.29, 0.717) is 17.8 Å². The summed E-state index contributed by atoms with van der Waals surface area (Å²) in [5, 5.41) is 13.9. The van der Waals surface area contributed by atoms with Gasteiger partial charge in [-0.15, -0.1) is 0 Å². The maximum absolute atomic E-state index is 12.0. The van der Waals surface area contributed by atoms with Gasteiger partial charge in [0.05, 0.1) is 10.5 Å². The first-order valence-corrected chi connectivity index (χ1v) is 5.72. The van der Waals surface area contributed by atoms with Crippen molar-refractivity contribution in [1.82, 2.24) is 4.90 Å². The summed E-state index contributed by atoms with van der Waals surface area (Å²) in [5.41, 5.74) is 0.543. The lowest BCUT2D eigenvalue weighted by Crippen LogP contribution is -2.23. The Balaban J connectivity index is 3.27. The largest absolute Gasteiger partial charge is 0.379 e. The smallest absolute Gasteiger partial charge is 0.293 e. The minimum atomic E-state index is -0.482. The van der Waals surface area contributed by atoms with E-state index in [4.69, 9.17) is 0 Å². The number of nitro benzene ring substituents is 1. The summed E-state index contributed by atoms with van der Waals surface area (Å²) in [6.07, 6.45) is 0.821. The van der Waals surface area contributed by atoms with Gasteiger partial charge in [-0.2, -0.15) is 0 Å². The van der Waals surface area contributed by atoms with Crippen LogP contribution in [0.4, 0.5) is 11.4 Å². The predicted octanol–water partition coefficient (Wildman–Crippen LogP) is 2.12. The van der Waals surface area contributed by atoms with E-state index in [2.05, 4.69) is 5.32 Å². The molecule has 0 fully saturated rings. The number of anilines is 1. The molecule has 1 rings (SSSR count). The zero-order chi connectivity index (χ0) is 13.7. The summed E-state index contributed by atoms with van der Waals surface area (Å²) >= 11 is 0. The average molecular weight is 251 g/mol. The molecule has 0 radical (unpaired) electrons. The van der Waals surface area contributed by atoms with Crippen LogP contribution < -0.4 is 5.32 Å². The van der Waals surface area contributed by atoms with E-state index in [0.717, 1.165) is 6.42 Å². The van der Waals surface area contributed by atoms with Crippen LogP contribution >= 0.6 is 0 Å². The molecule has 0 aromatic heterocycles. The Morgan fingerprint density at radius 3 is 2.61 bits per heavy atom. The van der Waals surface area contributed by atoms with E-state index in [9.17, 15) is 14.9 Å². The summed E-state index contributed by atoms with van der Waals surface area (Å²) in [6, 6.07) is 4.50. The molecule has 0 aliphatic heterocycles. The van der Waals surface area contributed by atoms with Gasteiger partial charge < -0.3 is 10.2 Å². The molecule has 0 saturated heterocycles. The van der Waals surface area contributed by atoms with Gasteiger partial charge in [-0.05, 0) is 12.5 Å². The molecular weight excluding hydrogens is 234 g/mol. The molecule has 1 aromatic carbocycles. The van der Waals surface area contributed by atoms with Crippen LogP contribution in [0, 0.1) is 10.1 Å². The van der Waals surface area contributed by atoms with Gasteiger partial charge in [0.1, 0.15) is 5.69 Å². The van der Waals surface area contributed by atoms with E-state index in [1.807, 2.05) is 6.92 Å². The first-order valence-electron chi connectivity index (χ1n) is 5.72. The van der Waals surface area contributed by atoms with Gasteiger partial charge in [-0.25, -0.2) is 0 Å². The highest BCUT2D eigenvalue weighted by atomic mass is 16.6. The molecule has 0 unspecified atom stereocenters. The number of rotatable bonds is 5. The Kier molecular flexibility index (Phi) is 4.65. The minimum Gasteiger partial charge on any atom is -0.379 e. The van der Waals surface area contributed by atoms with Gasteiger partial charge in [0.25, 0.3) is 11.6 Å². The lowest BCUT2D eigenvalue weighted by Gasteiger charge is -2.15. The third-order valence-electron chi connectivity index (χ3n) is 2.43. The number of para-hydroxylation sites is 1. The van der Waals surface area contributed by atoms with E-state index in [1.54, 1.807) is 20.2 Å². The third kappa shape index (κ3) is 2.97. The fourth-order valence-corrected chi connectivity index (χ4v) is 1.55. The van der Waals surface area contributed by atoms with Crippen molar-refractivity contribution in [2.75, 3.05) is 26.0 Å². The topological polar surface area (TPSA) is 75.5 Å². The number of nitrogens with one attached hydrogen (secondary N) is 1. The molecule has 1 aromatic rings. The van der Waals surface area contributed by atoms with Crippen LogP contribution in [0.2, 0.25) is 0 Å². The Hall–Kier alpha value is -2.11. The van der Waals surface area contributed by atoms with Crippen LogP contribution in [0.15, 0.2) is 18.2 Å². The number of nitrogens with zero attached hydrogens (tertiary/aromatic N) is 2. The van der Waals surface area contributed by atoms with Crippen molar-refractivity contribution in [2.24, 2.45) is 0 Å². The van der Waals surface area contributed by atoms with Crippen LogP contribution in [-0.4, -0.2) is 36.4 Å². The molecular formula is C12H17N3O3. The fourth-order valence-electron chi connectivity index (χ4n) is 1.55. The number of amides is 1. The van der Waals surface area contributed by atoms with Gasteiger partial charge in [-0.1, -0.05) is 13.0 Å². The molecule has 0 aliphatic rings. The zero-order valence-electron chi connectivity index (χ0n) is 10.8. The standard InChI is InChI=1S/C12H17N3O3/c1-4-8-13-11-9(12(16)14(2)3)6-5-7-10(11)15(17)18/h5-7,13H,4,8H2,1-3H3. The first-order chi connectivity index (χ1) is 8.49. The highest BCUT2D eigenvalue weighted by Gasteiger charge is 2.21. The van der Waals surface area contributed by atoms with Crippen molar-refractivity contribution in [3.8, 4) is 0 Å². The molecule has 0 aliphatic carbocycles. The summed E-state index contributed by atoms with van der Waals surface area (Å²) in [4.78, 5) is 23.9. The monoisotopic (exact) mass is 251 g/mol. The SMILES string of the molecule is CCCNc1c(C(=O)N(C)C)cccc1[N+](=O)[O-]. The Morgan fingerprint density at radius 1 is 1.44 bits per heavy atom. The summed E-state index contributed by atoms with van der Waals surface area (Å²) in [5.74, 6) is -0.252. The molecule has 0 spiro atoms. The quantitative estimate of drug-likeness (QED) is 0.642. The number of carbonyl (C=O) groups is 1. The Labute approximate surface area is 106 Å². The van der Waals surface area contributed by atoms with Crippen molar-refractivity contribution >= 4 is 17.3 Å². The maximum atomic E-state index is 12.0. The van der Waals surface area contributed by atoms with Crippen LogP contribution in [0.5, 0.6) is 0 Å². The average Bonchev–Trinajstić information content (AvgIpc) is 2.34. The molecule has 0 saturated carbocycles. The first kappa shape index (κ1) is 14.0. The van der Waals surface area contributed by atoms with Crippen LogP contribution in [-0.2, 0) is 0 Å². The minimum absolute atomic E-state index is 0.0730. The second-order valence-corrected chi connectivity index (χ2v) is 4.08. The lowest BCUT2D eigenvalue weighted by molar-refractivity contribution is -0.384. The van der Waals surface area contributed by atoms with E-state index < -0.39 is 4.92 Å². The molecule has 1 N–H and O–H groups in total. The van der Waals surface area contributed by atoms with Crippen LogP contribution in [0.1, 0.15) is 23.7 Å². The molecule has 6 heteroatoms. The Morgan fingerprint density at radius 2 is 2.11 bits per heavy atom. The number of benzene rings is 1. The Bertz CT molecular complexity index is 458. The van der Waals surface area contributed by atoms with Crippen molar-refractivity contribution in [3.63, 3.8) is 0 Å². The zero-order valence-corrected chi connectivity index (χ0v) is 10.8. The van der Waals surface area contributed by atoms with Crippen molar-refractivity contribution in [3.05, 3.63) is 33.9 Å². The predicted molar refractivity (Wildman–Crippen MR) is 69.9 cm³/mol. The normalized spacial score (nSPS) is 9.94. The highest BCUT2D eigenvalue weighted by Crippen LogP contribution is 2.28. The molecule has 18 heavy (non-hydrogen) atoms. The van der Waals surface area contributed by atoms with Gasteiger partial charge >= 0.3 is 0 Å². The van der Waals surface area contributed by atoms with Gasteiger partial charge in [0.15, 0.2) is 0 Å². The van der Waals surface area contributed by atoms with Gasteiger partial charge in [-0.3, -0.25) is 14.9 Å². The van der Waals surface area contributed by atoms with Crippen LogP contribution in [0.25, 0.3) is 0 Å². The molecule has 1 amide bonds. The van der Waals surface area contributed by atoms with Crippen molar-refractivity contribution < 1.29 is 9.72 Å². The van der Waals surface area contributed by atoms with Crippen LogP contribution in [0.3, 0.4) is 0 Å².